The smallest absolute Gasteiger partial charge is 0.224 e. The number of hydrogen-bond acceptors (Lipinski definition) is 4. The molecule has 1 amide bonds. The molecule has 140 valence electrons. The highest BCUT2D eigenvalue weighted by Gasteiger charge is 2.26. The van der Waals surface area contributed by atoms with E-state index in [1.807, 2.05) is 48.5 Å². The first-order valence-corrected chi connectivity index (χ1v) is 9.40. The highest BCUT2D eigenvalue weighted by Crippen LogP contribution is 2.20. The number of aromatic nitrogens is 2. The predicted molar refractivity (Wildman–Crippen MR) is 103 cm³/mol. The monoisotopic (exact) mass is 364 g/mol. The molecule has 0 radical (unpaired) electrons. The molecule has 2 N–H and O–H groups in total. The van der Waals surface area contributed by atoms with Crippen LogP contribution in [0.3, 0.4) is 0 Å². The molecule has 2 aromatic heterocycles. The molecule has 0 spiro atoms. The van der Waals surface area contributed by atoms with Crippen molar-refractivity contribution in [2.45, 2.75) is 25.9 Å². The maximum Gasteiger partial charge on any atom is 0.224 e. The van der Waals surface area contributed by atoms with Crippen LogP contribution in [0, 0.1) is 5.92 Å². The summed E-state index contributed by atoms with van der Waals surface area (Å²) in [6.07, 6.45) is 3.65. The van der Waals surface area contributed by atoms with Crippen LogP contribution in [-0.2, 0) is 17.9 Å². The van der Waals surface area contributed by atoms with Gasteiger partial charge in [-0.05, 0) is 37.6 Å². The molecule has 1 saturated heterocycles. The second-order valence-corrected chi connectivity index (χ2v) is 7.02. The van der Waals surface area contributed by atoms with Gasteiger partial charge in [0.25, 0.3) is 0 Å². The van der Waals surface area contributed by atoms with Gasteiger partial charge in [-0.1, -0.05) is 30.3 Å². The molecule has 1 aliphatic rings. The van der Waals surface area contributed by atoms with Crippen LogP contribution >= 0.6 is 0 Å². The number of amides is 1. The molecule has 1 fully saturated rings. The first kappa shape index (κ1) is 17.5. The lowest BCUT2D eigenvalue weighted by Crippen LogP contribution is -2.42. The molecule has 3 heterocycles. The Morgan fingerprint density at radius 1 is 1.26 bits per heavy atom. The van der Waals surface area contributed by atoms with E-state index in [9.17, 15) is 4.79 Å². The summed E-state index contributed by atoms with van der Waals surface area (Å²) in [5.41, 5.74) is 2.86. The molecule has 27 heavy (non-hydrogen) atoms. The van der Waals surface area contributed by atoms with E-state index < -0.39 is 0 Å². The van der Waals surface area contributed by atoms with Crippen LogP contribution in [0.2, 0.25) is 0 Å². The lowest BCUT2D eigenvalue weighted by Gasteiger charge is -2.31. The standard InChI is InChI=1S/C21H24N4O2/c26-21(17-8-4-10-25(14-17)15-19-9-5-11-27-19)22-13-18-12-20(24-23-18)16-6-2-1-3-7-16/h1-3,5-7,9,11-12,17H,4,8,10,13-15H2,(H,22,26)(H,23,24)/t17-/m1/s1. The van der Waals surface area contributed by atoms with E-state index >= 15 is 0 Å². The second-order valence-electron chi connectivity index (χ2n) is 7.02. The second kappa shape index (κ2) is 8.22. The third-order valence-corrected chi connectivity index (χ3v) is 4.99. The largest absolute Gasteiger partial charge is 0.468 e. The minimum Gasteiger partial charge on any atom is -0.468 e. The van der Waals surface area contributed by atoms with Gasteiger partial charge in [-0.25, -0.2) is 0 Å². The van der Waals surface area contributed by atoms with Gasteiger partial charge in [0.15, 0.2) is 0 Å². The Morgan fingerprint density at radius 2 is 2.15 bits per heavy atom. The van der Waals surface area contributed by atoms with Gasteiger partial charge in [-0.2, -0.15) is 5.10 Å². The minimum atomic E-state index is 0.0187. The minimum absolute atomic E-state index is 0.0187. The molecule has 1 aromatic carbocycles. The Balaban J connectivity index is 1.29. The number of H-pyrrole nitrogens is 1. The van der Waals surface area contributed by atoms with E-state index in [4.69, 9.17) is 4.42 Å². The van der Waals surface area contributed by atoms with Crippen molar-refractivity contribution in [3.05, 3.63) is 66.2 Å². The van der Waals surface area contributed by atoms with Gasteiger partial charge < -0.3 is 9.73 Å². The van der Waals surface area contributed by atoms with Gasteiger partial charge in [0, 0.05) is 12.1 Å². The summed E-state index contributed by atoms with van der Waals surface area (Å²) in [5, 5.41) is 10.4. The Hall–Kier alpha value is -2.86. The highest BCUT2D eigenvalue weighted by molar-refractivity contribution is 5.79. The van der Waals surface area contributed by atoms with Crippen molar-refractivity contribution in [3.63, 3.8) is 0 Å². The van der Waals surface area contributed by atoms with Crippen LogP contribution < -0.4 is 5.32 Å². The van der Waals surface area contributed by atoms with Crippen molar-refractivity contribution in [3.8, 4) is 11.3 Å². The fourth-order valence-electron chi connectivity index (χ4n) is 3.57. The van der Waals surface area contributed by atoms with Crippen molar-refractivity contribution in [1.29, 1.82) is 0 Å². The summed E-state index contributed by atoms with van der Waals surface area (Å²) < 4.78 is 5.42. The fraction of sp³-hybridized carbons (Fsp3) is 0.333. The summed E-state index contributed by atoms with van der Waals surface area (Å²) in [6.45, 7) is 3.00. The average molecular weight is 364 g/mol. The Morgan fingerprint density at radius 3 is 2.96 bits per heavy atom. The summed E-state index contributed by atoms with van der Waals surface area (Å²) in [7, 11) is 0. The average Bonchev–Trinajstić information content (AvgIpc) is 3.39. The van der Waals surface area contributed by atoms with Crippen LogP contribution in [0.4, 0.5) is 0 Å². The topological polar surface area (TPSA) is 74.2 Å². The molecular weight excluding hydrogens is 340 g/mol. The van der Waals surface area contributed by atoms with E-state index in [-0.39, 0.29) is 11.8 Å². The number of carbonyl (C=O) groups excluding carboxylic acids is 1. The molecule has 6 heteroatoms. The number of likely N-dealkylation sites (tertiary alicyclic amines) is 1. The maximum atomic E-state index is 12.6. The van der Waals surface area contributed by atoms with Crippen molar-refractivity contribution in [2.24, 2.45) is 5.92 Å². The van der Waals surface area contributed by atoms with Gasteiger partial charge >= 0.3 is 0 Å². The third-order valence-electron chi connectivity index (χ3n) is 4.99. The van der Waals surface area contributed by atoms with Crippen molar-refractivity contribution >= 4 is 5.91 Å². The lowest BCUT2D eigenvalue weighted by molar-refractivity contribution is -0.127. The summed E-state index contributed by atoms with van der Waals surface area (Å²) >= 11 is 0. The predicted octanol–water partition coefficient (Wildman–Crippen LogP) is 3.20. The molecule has 0 unspecified atom stereocenters. The fourth-order valence-corrected chi connectivity index (χ4v) is 3.57. The van der Waals surface area contributed by atoms with Gasteiger partial charge in [0.05, 0.1) is 36.7 Å². The van der Waals surface area contributed by atoms with Crippen LogP contribution in [0.25, 0.3) is 11.3 Å². The van der Waals surface area contributed by atoms with E-state index in [1.54, 1.807) is 6.26 Å². The van der Waals surface area contributed by atoms with Gasteiger partial charge in [0.2, 0.25) is 5.91 Å². The first-order chi connectivity index (χ1) is 13.3. The zero-order valence-corrected chi connectivity index (χ0v) is 15.2. The van der Waals surface area contributed by atoms with E-state index in [2.05, 4.69) is 20.4 Å². The number of nitrogens with zero attached hydrogens (tertiary/aromatic N) is 2. The Labute approximate surface area is 158 Å². The number of rotatable bonds is 6. The van der Waals surface area contributed by atoms with Crippen LogP contribution in [0.15, 0.2) is 59.2 Å². The van der Waals surface area contributed by atoms with Crippen molar-refractivity contribution in [2.75, 3.05) is 13.1 Å². The van der Waals surface area contributed by atoms with Gasteiger partial charge in [0.1, 0.15) is 5.76 Å². The molecule has 4 rings (SSSR count). The molecule has 0 bridgehead atoms. The highest BCUT2D eigenvalue weighted by atomic mass is 16.3. The zero-order valence-electron chi connectivity index (χ0n) is 15.2. The molecular formula is C21H24N4O2. The third kappa shape index (κ3) is 4.46. The van der Waals surface area contributed by atoms with E-state index in [1.165, 1.54) is 0 Å². The summed E-state index contributed by atoms with van der Waals surface area (Å²) in [4.78, 5) is 14.9. The molecule has 1 aliphatic heterocycles. The van der Waals surface area contributed by atoms with E-state index in [0.29, 0.717) is 6.54 Å². The number of furan rings is 1. The Bertz CT molecular complexity index is 857. The number of aromatic amines is 1. The number of hydrogen-bond donors (Lipinski definition) is 2. The molecule has 6 nitrogen and oxygen atoms in total. The van der Waals surface area contributed by atoms with Crippen LogP contribution in [0.1, 0.15) is 24.3 Å². The van der Waals surface area contributed by atoms with Crippen LogP contribution in [-0.4, -0.2) is 34.1 Å². The first-order valence-electron chi connectivity index (χ1n) is 9.40. The summed E-state index contributed by atoms with van der Waals surface area (Å²) in [5.74, 6) is 1.07. The molecule has 0 aliphatic carbocycles. The van der Waals surface area contributed by atoms with E-state index in [0.717, 1.165) is 55.2 Å². The van der Waals surface area contributed by atoms with Crippen LogP contribution in [0.5, 0.6) is 0 Å². The molecule has 1 atom stereocenters. The number of carbonyl (C=O) groups is 1. The lowest BCUT2D eigenvalue weighted by atomic mass is 9.97. The van der Waals surface area contributed by atoms with Gasteiger partial charge in [-0.15, -0.1) is 0 Å². The number of nitrogens with one attached hydrogen (secondary N) is 2. The normalized spacial score (nSPS) is 17.7. The number of piperidine rings is 1. The number of benzene rings is 1. The van der Waals surface area contributed by atoms with Crippen molar-refractivity contribution in [1.82, 2.24) is 20.4 Å². The quantitative estimate of drug-likeness (QED) is 0.704. The zero-order chi connectivity index (χ0) is 18.5. The van der Waals surface area contributed by atoms with Gasteiger partial charge in [-0.3, -0.25) is 14.8 Å². The molecule has 3 aromatic rings. The Kier molecular flexibility index (Phi) is 5.34. The maximum absolute atomic E-state index is 12.6. The van der Waals surface area contributed by atoms with Crippen molar-refractivity contribution < 1.29 is 9.21 Å². The molecule has 0 saturated carbocycles. The summed E-state index contributed by atoms with van der Waals surface area (Å²) in [6, 6.07) is 15.9. The SMILES string of the molecule is O=C(NCc1cc(-c2ccccc2)n[nH]1)[C@@H]1CCCN(Cc2ccco2)C1.